The number of aromatic nitrogens is 2. The Morgan fingerprint density at radius 3 is 2.86 bits per heavy atom. The van der Waals surface area contributed by atoms with Gasteiger partial charge in [0.05, 0.1) is 17.9 Å². The second kappa shape index (κ2) is 7.79. The van der Waals surface area contributed by atoms with Gasteiger partial charge in [-0.15, -0.1) is 0 Å². The third-order valence-corrected chi connectivity index (χ3v) is 4.03. The predicted molar refractivity (Wildman–Crippen MR) is 87.1 cm³/mol. The van der Waals surface area contributed by atoms with Gasteiger partial charge >= 0.3 is 0 Å². The zero-order chi connectivity index (χ0) is 15.9. The molecule has 116 valence electrons. The topological polar surface area (TPSA) is 64.1 Å². The first kappa shape index (κ1) is 16.3. The molecule has 2 heterocycles. The normalized spacial score (nSPS) is 10.3. The lowest BCUT2D eigenvalue weighted by atomic mass is 10.1. The Morgan fingerprint density at radius 1 is 1.36 bits per heavy atom. The molecule has 5 nitrogen and oxygen atoms in total. The van der Waals surface area contributed by atoms with Crippen molar-refractivity contribution in [3.8, 4) is 5.88 Å². The van der Waals surface area contributed by atoms with Crippen LogP contribution in [0.3, 0.4) is 0 Å². The zero-order valence-electron chi connectivity index (χ0n) is 12.9. The number of pyridine rings is 2. The minimum absolute atomic E-state index is 0.0438. The summed E-state index contributed by atoms with van der Waals surface area (Å²) < 4.78 is 5.29. The quantitative estimate of drug-likeness (QED) is 0.829. The number of hydrogen-bond acceptors (Lipinski definition) is 5. The van der Waals surface area contributed by atoms with Crippen LogP contribution in [-0.4, -0.2) is 28.7 Å². The van der Waals surface area contributed by atoms with E-state index >= 15 is 0 Å². The molecule has 0 atom stereocenters. The molecular weight excluding hydrogens is 298 g/mol. The van der Waals surface area contributed by atoms with Crippen molar-refractivity contribution >= 4 is 17.7 Å². The van der Waals surface area contributed by atoms with Gasteiger partial charge in [-0.25, -0.2) is 9.97 Å². The number of thioether (sulfide) groups is 1. The molecule has 2 rings (SSSR count). The minimum Gasteiger partial charge on any atom is -0.481 e. The highest BCUT2D eigenvalue weighted by molar-refractivity contribution is 7.99. The number of rotatable bonds is 6. The average molecular weight is 317 g/mol. The van der Waals surface area contributed by atoms with E-state index < -0.39 is 0 Å². The van der Waals surface area contributed by atoms with Crippen molar-refractivity contribution < 1.29 is 9.53 Å². The van der Waals surface area contributed by atoms with Gasteiger partial charge < -0.3 is 10.1 Å². The van der Waals surface area contributed by atoms with Gasteiger partial charge in [-0.05, 0) is 37.6 Å². The van der Waals surface area contributed by atoms with Gasteiger partial charge in [-0.1, -0.05) is 17.8 Å². The lowest BCUT2D eigenvalue weighted by Crippen LogP contribution is -2.25. The van der Waals surface area contributed by atoms with Crippen LogP contribution in [0.4, 0.5) is 0 Å². The predicted octanol–water partition coefficient (Wildman–Crippen LogP) is 2.51. The van der Waals surface area contributed by atoms with Crippen LogP contribution >= 0.6 is 11.8 Å². The number of hydrogen-bond donors (Lipinski definition) is 1. The van der Waals surface area contributed by atoms with Crippen LogP contribution in [-0.2, 0) is 11.3 Å². The van der Waals surface area contributed by atoms with Crippen LogP contribution in [0, 0.1) is 13.8 Å². The SMILES string of the molecule is COc1nc(C)cc(C)c1CNC(=O)CSc1ccccn1. The van der Waals surface area contributed by atoms with E-state index in [0.717, 1.165) is 21.8 Å². The monoisotopic (exact) mass is 317 g/mol. The number of nitrogens with one attached hydrogen (secondary N) is 1. The summed E-state index contributed by atoms with van der Waals surface area (Å²) >= 11 is 1.41. The number of ether oxygens (including phenoxy) is 1. The Kier molecular flexibility index (Phi) is 5.77. The third-order valence-electron chi connectivity index (χ3n) is 3.08. The van der Waals surface area contributed by atoms with Crippen molar-refractivity contribution in [1.82, 2.24) is 15.3 Å². The van der Waals surface area contributed by atoms with Crippen LogP contribution in [0.5, 0.6) is 5.88 Å². The molecule has 22 heavy (non-hydrogen) atoms. The lowest BCUT2D eigenvalue weighted by Gasteiger charge is -2.12. The number of aryl methyl sites for hydroxylation is 2. The molecule has 0 spiro atoms. The van der Waals surface area contributed by atoms with Gasteiger partial charge in [0, 0.05) is 24.0 Å². The number of carbonyl (C=O) groups excluding carboxylic acids is 1. The summed E-state index contributed by atoms with van der Waals surface area (Å²) in [6.45, 7) is 4.31. The van der Waals surface area contributed by atoms with Crippen LogP contribution < -0.4 is 10.1 Å². The molecule has 2 aromatic rings. The van der Waals surface area contributed by atoms with E-state index in [2.05, 4.69) is 15.3 Å². The number of methoxy groups -OCH3 is 1. The van der Waals surface area contributed by atoms with E-state index in [4.69, 9.17) is 4.74 Å². The summed E-state index contributed by atoms with van der Waals surface area (Å²) in [5.74, 6) is 0.852. The molecule has 0 aromatic carbocycles. The molecule has 1 N–H and O–H groups in total. The first-order valence-electron chi connectivity index (χ1n) is 6.92. The fourth-order valence-corrected chi connectivity index (χ4v) is 2.71. The van der Waals surface area contributed by atoms with Crippen LogP contribution in [0.2, 0.25) is 0 Å². The van der Waals surface area contributed by atoms with E-state index in [1.54, 1.807) is 13.3 Å². The summed E-state index contributed by atoms with van der Waals surface area (Å²) in [5, 5.41) is 3.73. The standard InChI is InChI=1S/C16H19N3O2S/c1-11-8-12(2)19-16(21-3)13(11)9-18-14(20)10-22-15-6-4-5-7-17-15/h4-8H,9-10H2,1-3H3,(H,18,20). The number of amides is 1. The van der Waals surface area contributed by atoms with E-state index in [0.29, 0.717) is 18.2 Å². The molecule has 0 aliphatic heterocycles. The second-order valence-electron chi connectivity index (χ2n) is 4.80. The molecule has 0 saturated heterocycles. The third kappa shape index (κ3) is 4.46. The fraction of sp³-hybridized carbons (Fsp3) is 0.312. The first-order valence-corrected chi connectivity index (χ1v) is 7.90. The summed E-state index contributed by atoms with van der Waals surface area (Å²) in [5.41, 5.74) is 2.86. The highest BCUT2D eigenvalue weighted by Gasteiger charge is 2.11. The summed E-state index contributed by atoms with van der Waals surface area (Å²) in [6.07, 6.45) is 1.71. The van der Waals surface area contributed by atoms with Crippen LogP contribution in [0.25, 0.3) is 0 Å². The van der Waals surface area contributed by atoms with E-state index in [-0.39, 0.29) is 5.91 Å². The van der Waals surface area contributed by atoms with Crippen molar-refractivity contribution in [3.05, 3.63) is 47.3 Å². The highest BCUT2D eigenvalue weighted by atomic mass is 32.2. The minimum atomic E-state index is -0.0438. The molecule has 1 amide bonds. The van der Waals surface area contributed by atoms with Crippen molar-refractivity contribution in [2.24, 2.45) is 0 Å². The van der Waals surface area contributed by atoms with Gasteiger partial charge in [0.25, 0.3) is 0 Å². The molecule has 0 aliphatic carbocycles. The second-order valence-corrected chi connectivity index (χ2v) is 5.80. The summed E-state index contributed by atoms with van der Waals surface area (Å²) in [6, 6.07) is 7.62. The largest absolute Gasteiger partial charge is 0.481 e. The zero-order valence-corrected chi connectivity index (χ0v) is 13.7. The summed E-state index contributed by atoms with van der Waals surface area (Å²) in [7, 11) is 1.59. The van der Waals surface area contributed by atoms with Crippen molar-refractivity contribution in [3.63, 3.8) is 0 Å². The maximum Gasteiger partial charge on any atom is 0.230 e. The van der Waals surface area contributed by atoms with Gasteiger partial charge in [0.2, 0.25) is 11.8 Å². The molecular formula is C16H19N3O2S. The average Bonchev–Trinajstić information content (AvgIpc) is 2.52. The Bertz CT molecular complexity index is 647. The highest BCUT2D eigenvalue weighted by Crippen LogP contribution is 2.20. The van der Waals surface area contributed by atoms with Crippen LogP contribution in [0.1, 0.15) is 16.8 Å². The van der Waals surface area contributed by atoms with Gasteiger partial charge in [0.15, 0.2) is 0 Å². The molecule has 0 saturated carbocycles. The summed E-state index contributed by atoms with van der Waals surface area (Å²) in [4.78, 5) is 20.5. The maximum atomic E-state index is 11.9. The Hall–Kier alpha value is -2.08. The van der Waals surface area contributed by atoms with Gasteiger partial charge in [-0.2, -0.15) is 0 Å². The lowest BCUT2D eigenvalue weighted by molar-refractivity contribution is -0.118. The van der Waals surface area contributed by atoms with Gasteiger partial charge in [0.1, 0.15) is 0 Å². The number of carbonyl (C=O) groups is 1. The smallest absolute Gasteiger partial charge is 0.230 e. The molecule has 2 aromatic heterocycles. The Balaban J connectivity index is 1.91. The van der Waals surface area contributed by atoms with E-state index in [1.807, 2.05) is 38.1 Å². The van der Waals surface area contributed by atoms with Crippen molar-refractivity contribution in [1.29, 1.82) is 0 Å². The molecule has 0 radical (unpaired) electrons. The van der Waals surface area contributed by atoms with Crippen LogP contribution in [0.15, 0.2) is 35.5 Å². The fourth-order valence-electron chi connectivity index (χ4n) is 2.02. The molecule has 0 bridgehead atoms. The van der Waals surface area contributed by atoms with Crippen molar-refractivity contribution in [2.75, 3.05) is 12.9 Å². The Labute approximate surface area is 134 Å². The first-order chi connectivity index (χ1) is 10.6. The number of nitrogens with zero attached hydrogens (tertiary/aromatic N) is 2. The molecule has 6 heteroatoms. The maximum absolute atomic E-state index is 11.9. The molecule has 0 fully saturated rings. The molecule has 0 unspecified atom stereocenters. The van der Waals surface area contributed by atoms with Gasteiger partial charge in [-0.3, -0.25) is 4.79 Å². The molecule has 0 aliphatic rings. The van der Waals surface area contributed by atoms with E-state index in [1.165, 1.54) is 11.8 Å². The van der Waals surface area contributed by atoms with E-state index in [9.17, 15) is 4.79 Å². The van der Waals surface area contributed by atoms with Crippen molar-refractivity contribution in [2.45, 2.75) is 25.4 Å². The Morgan fingerprint density at radius 2 is 2.18 bits per heavy atom.